The molecule has 1 aliphatic rings. The van der Waals surface area contributed by atoms with Gasteiger partial charge in [0.2, 0.25) is 0 Å². The number of nitrogens with one attached hydrogen (secondary N) is 1. The molecule has 3 rings (SSSR count). The monoisotopic (exact) mass is 321 g/mol. The number of alkyl halides is 3. The highest BCUT2D eigenvalue weighted by atomic mass is 19.4. The van der Waals surface area contributed by atoms with E-state index in [4.69, 9.17) is 5.26 Å². The van der Waals surface area contributed by atoms with Crippen molar-refractivity contribution in [3.63, 3.8) is 0 Å². The molecule has 0 bridgehead atoms. The van der Waals surface area contributed by atoms with Crippen molar-refractivity contribution in [3.05, 3.63) is 41.5 Å². The molecule has 1 heterocycles. The molecular formula is C15H14F3N5. The van der Waals surface area contributed by atoms with E-state index in [0.29, 0.717) is 12.5 Å². The Labute approximate surface area is 130 Å². The van der Waals surface area contributed by atoms with Crippen LogP contribution >= 0.6 is 0 Å². The van der Waals surface area contributed by atoms with Crippen molar-refractivity contribution >= 4 is 5.69 Å². The van der Waals surface area contributed by atoms with Crippen LogP contribution in [0.1, 0.15) is 35.7 Å². The molecule has 1 aliphatic carbocycles. The van der Waals surface area contributed by atoms with Gasteiger partial charge in [-0.3, -0.25) is 0 Å². The van der Waals surface area contributed by atoms with Crippen LogP contribution in [0.4, 0.5) is 18.9 Å². The Hall–Kier alpha value is -2.56. The number of hydrogen-bond acceptors (Lipinski definition) is 4. The van der Waals surface area contributed by atoms with E-state index < -0.39 is 11.7 Å². The van der Waals surface area contributed by atoms with Crippen molar-refractivity contribution in [3.8, 4) is 6.07 Å². The Kier molecular flexibility index (Phi) is 3.94. The van der Waals surface area contributed by atoms with Gasteiger partial charge in [0, 0.05) is 24.7 Å². The van der Waals surface area contributed by atoms with Gasteiger partial charge in [0.25, 0.3) is 0 Å². The van der Waals surface area contributed by atoms with Gasteiger partial charge in [-0.15, -0.1) is 10.2 Å². The summed E-state index contributed by atoms with van der Waals surface area (Å²) in [5.41, 5.74) is -0.677. The van der Waals surface area contributed by atoms with Crippen LogP contribution in [0.2, 0.25) is 0 Å². The summed E-state index contributed by atoms with van der Waals surface area (Å²) in [6.07, 6.45) is -0.721. The Morgan fingerprint density at radius 3 is 2.78 bits per heavy atom. The molecule has 1 saturated carbocycles. The fraction of sp³-hybridized carbons (Fsp3) is 0.400. The summed E-state index contributed by atoms with van der Waals surface area (Å²) in [4.78, 5) is 0. The van der Waals surface area contributed by atoms with Crippen molar-refractivity contribution < 1.29 is 13.2 Å². The predicted molar refractivity (Wildman–Crippen MR) is 76.6 cm³/mol. The number of halogens is 3. The van der Waals surface area contributed by atoms with Gasteiger partial charge in [-0.05, 0) is 31.0 Å². The number of hydrogen-bond donors (Lipinski definition) is 1. The Morgan fingerprint density at radius 2 is 2.13 bits per heavy atom. The predicted octanol–water partition coefficient (Wildman–Crippen LogP) is 3.16. The summed E-state index contributed by atoms with van der Waals surface area (Å²) in [5, 5.41) is 19.5. The zero-order valence-corrected chi connectivity index (χ0v) is 12.1. The molecule has 0 radical (unpaired) electrons. The first-order chi connectivity index (χ1) is 11.0. The minimum Gasteiger partial charge on any atom is -0.383 e. The lowest BCUT2D eigenvalue weighted by Crippen LogP contribution is -2.16. The fourth-order valence-corrected chi connectivity index (χ4v) is 2.41. The minimum absolute atomic E-state index is 0.0856. The van der Waals surface area contributed by atoms with Gasteiger partial charge in [0.05, 0.1) is 17.2 Å². The smallest absolute Gasteiger partial charge is 0.383 e. The molecule has 0 unspecified atom stereocenters. The standard InChI is InChI=1S/C15H14F3N5/c16-15(17,18)12-4-1-10(8-19)7-13(12)20-5-6-23-9-21-22-14(23)11-2-3-11/h1,4,7,9,11,20H,2-3,5-6H2. The molecular weight excluding hydrogens is 307 g/mol. The summed E-state index contributed by atoms with van der Waals surface area (Å²) in [6.45, 7) is 0.753. The average Bonchev–Trinajstić information content (AvgIpc) is 3.25. The van der Waals surface area contributed by atoms with Crippen LogP contribution in [0.5, 0.6) is 0 Å². The molecule has 0 atom stereocenters. The highest BCUT2D eigenvalue weighted by Gasteiger charge is 2.33. The molecule has 2 aromatic rings. The van der Waals surface area contributed by atoms with Crippen molar-refractivity contribution in [2.24, 2.45) is 0 Å². The van der Waals surface area contributed by atoms with Crippen LogP contribution < -0.4 is 5.32 Å². The number of benzene rings is 1. The molecule has 0 amide bonds. The van der Waals surface area contributed by atoms with E-state index in [-0.39, 0.29) is 17.8 Å². The molecule has 1 aromatic carbocycles. The molecule has 0 saturated heterocycles. The van der Waals surface area contributed by atoms with Gasteiger partial charge in [0.1, 0.15) is 12.2 Å². The average molecular weight is 321 g/mol. The van der Waals surface area contributed by atoms with Crippen LogP contribution in [0.25, 0.3) is 0 Å². The molecule has 0 aliphatic heterocycles. The zero-order valence-electron chi connectivity index (χ0n) is 12.1. The normalized spacial score (nSPS) is 14.5. The first kappa shape index (κ1) is 15.3. The molecule has 1 aromatic heterocycles. The Bertz CT molecular complexity index is 740. The maximum atomic E-state index is 13.0. The highest BCUT2D eigenvalue weighted by molar-refractivity contribution is 5.56. The lowest BCUT2D eigenvalue weighted by atomic mass is 10.1. The van der Waals surface area contributed by atoms with Crippen LogP contribution in [0.3, 0.4) is 0 Å². The van der Waals surface area contributed by atoms with Gasteiger partial charge in [-0.25, -0.2) is 0 Å². The van der Waals surface area contributed by atoms with E-state index in [9.17, 15) is 13.2 Å². The van der Waals surface area contributed by atoms with Crippen molar-refractivity contribution in [2.75, 3.05) is 11.9 Å². The second-order valence-corrected chi connectivity index (χ2v) is 5.45. The van der Waals surface area contributed by atoms with Gasteiger partial charge in [0.15, 0.2) is 0 Å². The summed E-state index contributed by atoms with van der Waals surface area (Å²) >= 11 is 0. The first-order valence-electron chi connectivity index (χ1n) is 7.22. The summed E-state index contributed by atoms with van der Waals surface area (Å²) in [7, 11) is 0. The molecule has 8 heteroatoms. The van der Waals surface area contributed by atoms with E-state index >= 15 is 0 Å². The van der Waals surface area contributed by atoms with Crippen LogP contribution in [0.15, 0.2) is 24.5 Å². The molecule has 0 spiro atoms. The third-order valence-electron chi connectivity index (χ3n) is 3.71. The van der Waals surface area contributed by atoms with Gasteiger partial charge in [-0.2, -0.15) is 18.4 Å². The van der Waals surface area contributed by atoms with Gasteiger partial charge in [-0.1, -0.05) is 0 Å². The minimum atomic E-state index is -4.47. The van der Waals surface area contributed by atoms with Crippen molar-refractivity contribution in [1.29, 1.82) is 5.26 Å². The number of anilines is 1. The number of rotatable bonds is 5. The highest BCUT2D eigenvalue weighted by Crippen LogP contribution is 2.38. The molecule has 23 heavy (non-hydrogen) atoms. The van der Waals surface area contributed by atoms with Gasteiger partial charge >= 0.3 is 6.18 Å². The van der Waals surface area contributed by atoms with Crippen molar-refractivity contribution in [1.82, 2.24) is 14.8 Å². The number of nitriles is 1. The summed E-state index contributed by atoms with van der Waals surface area (Å²) in [5.74, 6) is 1.30. The van der Waals surface area contributed by atoms with E-state index in [2.05, 4.69) is 15.5 Å². The SMILES string of the molecule is N#Cc1ccc(C(F)(F)F)c(NCCn2cnnc2C2CC2)c1. The van der Waals surface area contributed by atoms with Gasteiger partial charge < -0.3 is 9.88 Å². The van der Waals surface area contributed by atoms with E-state index in [1.165, 1.54) is 12.1 Å². The topological polar surface area (TPSA) is 66.5 Å². The summed E-state index contributed by atoms with van der Waals surface area (Å²) in [6, 6.07) is 5.16. The third kappa shape index (κ3) is 3.44. The molecule has 1 fully saturated rings. The Morgan fingerprint density at radius 1 is 1.35 bits per heavy atom. The second-order valence-electron chi connectivity index (χ2n) is 5.45. The van der Waals surface area contributed by atoms with Crippen LogP contribution in [-0.4, -0.2) is 21.3 Å². The number of aromatic nitrogens is 3. The van der Waals surface area contributed by atoms with E-state index in [1.807, 2.05) is 10.6 Å². The quantitative estimate of drug-likeness (QED) is 0.918. The lowest BCUT2D eigenvalue weighted by Gasteiger charge is -2.15. The zero-order chi connectivity index (χ0) is 16.4. The fourth-order valence-electron chi connectivity index (χ4n) is 2.41. The first-order valence-corrected chi connectivity index (χ1v) is 7.22. The largest absolute Gasteiger partial charge is 0.418 e. The van der Waals surface area contributed by atoms with E-state index in [0.717, 1.165) is 24.7 Å². The second kappa shape index (κ2) is 5.91. The third-order valence-corrected chi connectivity index (χ3v) is 3.71. The van der Waals surface area contributed by atoms with Crippen LogP contribution in [0, 0.1) is 11.3 Å². The van der Waals surface area contributed by atoms with Crippen LogP contribution in [-0.2, 0) is 12.7 Å². The molecule has 5 nitrogen and oxygen atoms in total. The maximum absolute atomic E-state index is 13.0. The number of nitrogens with zero attached hydrogens (tertiary/aromatic N) is 4. The van der Waals surface area contributed by atoms with E-state index in [1.54, 1.807) is 6.33 Å². The lowest BCUT2D eigenvalue weighted by molar-refractivity contribution is -0.136. The van der Waals surface area contributed by atoms with Crippen molar-refractivity contribution in [2.45, 2.75) is 31.5 Å². The maximum Gasteiger partial charge on any atom is 0.418 e. The molecule has 120 valence electrons. The molecule has 1 N–H and O–H groups in total. The summed E-state index contributed by atoms with van der Waals surface area (Å²) < 4.78 is 40.9. The Balaban J connectivity index is 1.72.